The van der Waals surface area contributed by atoms with Crippen LogP contribution in [0.4, 0.5) is 5.82 Å². The van der Waals surface area contributed by atoms with Gasteiger partial charge in [-0.25, -0.2) is 9.98 Å². The van der Waals surface area contributed by atoms with Crippen LogP contribution in [-0.2, 0) is 6.54 Å². The third-order valence-corrected chi connectivity index (χ3v) is 5.20. The van der Waals surface area contributed by atoms with E-state index in [1.807, 2.05) is 6.20 Å². The third kappa shape index (κ3) is 5.62. The van der Waals surface area contributed by atoms with Gasteiger partial charge in [-0.3, -0.25) is 0 Å². The van der Waals surface area contributed by atoms with Crippen LogP contribution in [-0.4, -0.2) is 36.6 Å². The van der Waals surface area contributed by atoms with Crippen molar-refractivity contribution in [2.24, 2.45) is 4.99 Å². The van der Waals surface area contributed by atoms with Crippen molar-refractivity contribution in [3.8, 4) is 0 Å². The standard InChI is InChI=1S/C20H33N5/c1-2-21-20(24-18-9-5-3-6-10-18)23-16-17-11-12-22-19(15-17)25-13-7-4-8-14-25/h11-12,15,18H,2-10,13-14,16H2,1H3,(H2,21,23,24). The van der Waals surface area contributed by atoms with Crippen LogP contribution in [0, 0.1) is 0 Å². The summed E-state index contributed by atoms with van der Waals surface area (Å²) in [6.07, 6.45) is 12.4. The number of aromatic nitrogens is 1. The number of nitrogens with zero attached hydrogens (tertiary/aromatic N) is 3. The van der Waals surface area contributed by atoms with Gasteiger partial charge < -0.3 is 15.5 Å². The first-order valence-electron chi connectivity index (χ1n) is 10.1. The van der Waals surface area contributed by atoms with Crippen LogP contribution in [0.5, 0.6) is 0 Å². The van der Waals surface area contributed by atoms with E-state index < -0.39 is 0 Å². The molecule has 25 heavy (non-hydrogen) atoms. The Morgan fingerprint density at radius 2 is 1.92 bits per heavy atom. The molecule has 2 N–H and O–H groups in total. The first-order chi connectivity index (χ1) is 12.3. The fraction of sp³-hybridized carbons (Fsp3) is 0.700. The maximum Gasteiger partial charge on any atom is 0.191 e. The van der Waals surface area contributed by atoms with Crippen LogP contribution in [0.2, 0.25) is 0 Å². The average Bonchev–Trinajstić information content (AvgIpc) is 2.68. The zero-order valence-corrected chi connectivity index (χ0v) is 15.6. The second-order valence-electron chi connectivity index (χ2n) is 7.24. The third-order valence-electron chi connectivity index (χ3n) is 5.20. The number of pyridine rings is 1. The maximum atomic E-state index is 4.81. The molecular formula is C20H33N5. The number of hydrogen-bond donors (Lipinski definition) is 2. The van der Waals surface area contributed by atoms with Crippen molar-refractivity contribution in [2.45, 2.75) is 70.9 Å². The lowest BCUT2D eigenvalue weighted by molar-refractivity contribution is 0.410. The quantitative estimate of drug-likeness (QED) is 0.635. The molecule has 0 atom stereocenters. The van der Waals surface area contributed by atoms with Crippen molar-refractivity contribution in [3.63, 3.8) is 0 Å². The number of nitrogens with one attached hydrogen (secondary N) is 2. The number of aliphatic imine (C=N–C) groups is 1. The number of anilines is 1. The molecule has 1 saturated carbocycles. The summed E-state index contributed by atoms with van der Waals surface area (Å²) >= 11 is 0. The Hall–Kier alpha value is -1.78. The zero-order valence-electron chi connectivity index (χ0n) is 15.6. The Morgan fingerprint density at radius 1 is 1.16 bits per heavy atom. The SMILES string of the molecule is CCNC(=NCc1ccnc(N2CCCCC2)c1)NC1CCCCC1. The summed E-state index contributed by atoms with van der Waals surface area (Å²) < 4.78 is 0. The van der Waals surface area contributed by atoms with Gasteiger partial charge in [0, 0.05) is 31.9 Å². The molecule has 0 spiro atoms. The van der Waals surface area contributed by atoms with Gasteiger partial charge in [0.15, 0.2) is 5.96 Å². The van der Waals surface area contributed by atoms with Crippen LogP contribution in [0.1, 0.15) is 63.9 Å². The minimum atomic E-state index is 0.577. The summed E-state index contributed by atoms with van der Waals surface area (Å²) in [5, 5.41) is 7.01. The number of guanidine groups is 1. The lowest BCUT2D eigenvalue weighted by atomic mass is 9.96. The minimum Gasteiger partial charge on any atom is -0.357 e. The highest BCUT2D eigenvalue weighted by atomic mass is 15.2. The molecule has 1 aliphatic heterocycles. The van der Waals surface area contributed by atoms with Crippen LogP contribution < -0.4 is 15.5 Å². The summed E-state index contributed by atoms with van der Waals surface area (Å²) in [6, 6.07) is 4.87. The Labute approximate surface area is 152 Å². The molecule has 2 fully saturated rings. The Bertz CT molecular complexity index is 545. The first-order valence-corrected chi connectivity index (χ1v) is 10.1. The van der Waals surface area contributed by atoms with Crippen molar-refractivity contribution >= 4 is 11.8 Å². The molecule has 1 aromatic heterocycles. The molecule has 0 aromatic carbocycles. The van der Waals surface area contributed by atoms with E-state index in [9.17, 15) is 0 Å². The van der Waals surface area contributed by atoms with Gasteiger partial charge in [0.1, 0.15) is 5.82 Å². The van der Waals surface area contributed by atoms with Gasteiger partial charge in [-0.1, -0.05) is 19.3 Å². The molecule has 5 nitrogen and oxygen atoms in total. The Kier molecular flexibility index (Phi) is 6.95. The van der Waals surface area contributed by atoms with Gasteiger partial charge in [0.05, 0.1) is 6.54 Å². The predicted octanol–water partition coefficient (Wildman–Crippen LogP) is 3.46. The first kappa shape index (κ1) is 18.0. The molecule has 138 valence electrons. The highest BCUT2D eigenvalue weighted by molar-refractivity contribution is 5.80. The topological polar surface area (TPSA) is 52.6 Å². The highest BCUT2D eigenvalue weighted by Gasteiger charge is 2.15. The normalized spacial score (nSPS) is 19.7. The molecule has 3 rings (SSSR count). The Balaban J connectivity index is 1.61. The van der Waals surface area contributed by atoms with E-state index in [4.69, 9.17) is 4.99 Å². The second-order valence-corrected chi connectivity index (χ2v) is 7.24. The zero-order chi connectivity index (χ0) is 17.3. The second kappa shape index (κ2) is 9.64. The van der Waals surface area contributed by atoms with E-state index in [0.717, 1.165) is 31.4 Å². The smallest absolute Gasteiger partial charge is 0.191 e. The lowest BCUT2D eigenvalue weighted by Crippen LogP contribution is -2.44. The van der Waals surface area contributed by atoms with E-state index >= 15 is 0 Å². The monoisotopic (exact) mass is 343 g/mol. The van der Waals surface area contributed by atoms with E-state index in [0.29, 0.717) is 12.6 Å². The number of hydrogen-bond acceptors (Lipinski definition) is 3. The van der Waals surface area contributed by atoms with Gasteiger partial charge in [-0.15, -0.1) is 0 Å². The fourth-order valence-electron chi connectivity index (χ4n) is 3.79. The number of rotatable bonds is 5. The fourth-order valence-corrected chi connectivity index (χ4v) is 3.79. The molecule has 0 amide bonds. The minimum absolute atomic E-state index is 0.577. The Morgan fingerprint density at radius 3 is 2.68 bits per heavy atom. The largest absolute Gasteiger partial charge is 0.357 e. The molecule has 1 aromatic rings. The molecule has 1 saturated heterocycles. The number of piperidine rings is 1. The summed E-state index contributed by atoms with van der Waals surface area (Å²) in [4.78, 5) is 11.8. The van der Waals surface area contributed by atoms with E-state index in [1.54, 1.807) is 0 Å². The summed E-state index contributed by atoms with van der Waals surface area (Å²) in [5.74, 6) is 2.06. The summed E-state index contributed by atoms with van der Waals surface area (Å²) in [6.45, 7) is 5.98. The lowest BCUT2D eigenvalue weighted by Gasteiger charge is -2.28. The van der Waals surface area contributed by atoms with Gasteiger partial charge in [0.2, 0.25) is 0 Å². The van der Waals surface area contributed by atoms with Gasteiger partial charge in [0.25, 0.3) is 0 Å². The van der Waals surface area contributed by atoms with Crippen molar-refractivity contribution < 1.29 is 0 Å². The maximum absolute atomic E-state index is 4.81. The average molecular weight is 344 g/mol. The van der Waals surface area contributed by atoms with Crippen molar-refractivity contribution in [3.05, 3.63) is 23.9 Å². The van der Waals surface area contributed by atoms with Crippen LogP contribution >= 0.6 is 0 Å². The summed E-state index contributed by atoms with van der Waals surface area (Å²) in [5.41, 5.74) is 1.23. The van der Waals surface area contributed by atoms with Crippen molar-refractivity contribution in [1.29, 1.82) is 0 Å². The van der Waals surface area contributed by atoms with E-state index in [1.165, 1.54) is 56.9 Å². The van der Waals surface area contributed by atoms with Crippen molar-refractivity contribution in [1.82, 2.24) is 15.6 Å². The molecule has 0 unspecified atom stereocenters. The van der Waals surface area contributed by atoms with Gasteiger partial charge in [-0.05, 0) is 56.7 Å². The van der Waals surface area contributed by atoms with Crippen LogP contribution in [0.3, 0.4) is 0 Å². The molecule has 0 radical (unpaired) electrons. The molecule has 5 heteroatoms. The molecule has 0 bridgehead atoms. The molecule has 1 aliphatic carbocycles. The predicted molar refractivity (Wildman–Crippen MR) is 105 cm³/mol. The summed E-state index contributed by atoms with van der Waals surface area (Å²) in [7, 11) is 0. The van der Waals surface area contributed by atoms with Gasteiger partial charge >= 0.3 is 0 Å². The van der Waals surface area contributed by atoms with E-state index in [2.05, 4.69) is 39.6 Å². The van der Waals surface area contributed by atoms with E-state index in [-0.39, 0.29) is 0 Å². The molecular weight excluding hydrogens is 310 g/mol. The van der Waals surface area contributed by atoms with Gasteiger partial charge in [-0.2, -0.15) is 0 Å². The molecule has 2 aliphatic rings. The van der Waals surface area contributed by atoms with Crippen LogP contribution in [0.15, 0.2) is 23.3 Å². The molecule has 2 heterocycles. The van der Waals surface area contributed by atoms with Crippen molar-refractivity contribution in [2.75, 3.05) is 24.5 Å². The van der Waals surface area contributed by atoms with Crippen LogP contribution in [0.25, 0.3) is 0 Å². The highest BCUT2D eigenvalue weighted by Crippen LogP contribution is 2.19.